The number of cyclic esters (lactones) is 1. The van der Waals surface area contributed by atoms with Crippen molar-refractivity contribution in [3.63, 3.8) is 0 Å². The number of nitrogens with one attached hydrogen (secondary N) is 1. The summed E-state index contributed by atoms with van der Waals surface area (Å²) in [7, 11) is 0. The maximum absolute atomic E-state index is 15.3. The van der Waals surface area contributed by atoms with Gasteiger partial charge in [-0.2, -0.15) is 5.26 Å². The first-order valence-electron chi connectivity index (χ1n) is 13.6. The molecule has 1 aromatic carbocycles. The van der Waals surface area contributed by atoms with Crippen LogP contribution in [0.5, 0.6) is 0 Å². The molecule has 0 radical (unpaired) electrons. The van der Waals surface area contributed by atoms with Crippen LogP contribution in [0.15, 0.2) is 48.9 Å². The standard InChI is InChI=1S/C28H27FN8O4/c29-23-7-17(37-12-19(41-27(37)40)11-36-6-5-33-34-36)2-3-20(23)16-1-4-25(32-9-16)28(15-30)21-13-35(14-22(21)28)26(39)24-8-18(38)10-31-24/h1-7,9,18-19,21-22,24,31,38H,8,10-14H2/t18-,19+,21-,22+,24+,28+/m1/s1. The summed E-state index contributed by atoms with van der Waals surface area (Å²) in [4.78, 5) is 33.0. The largest absolute Gasteiger partial charge is 0.442 e. The predicted octanol–water partition coefficient (Wildman–Crippen LogP) is 1.08. The zero-order valence-corrected chi connectivity index (χ0v) is 21.9. The molecule has 3 aliphatic heterocycles. The number of amides is 2. The topological polar surface area (TPSA) is 149 Å². The van der Waals surface area contributed by atoms with Crippen molar-refractivity contribution in [2.45, 2.75) is 36.6 Å². The number of pyridine rings is 1. The molecule has 1 aliphatic carbocycles. The van der Waals surface area contributed by atoms with E-state index in [4.69, 9.17) is 4.74 Å². The lowest BCUT2D eigenvalue weighted by Crippen LogP contribution is -2.44. The number of piperidine rings is 1. The van der Waals surface area contributed by atoms with E-state index >= 15 is 4.39 Å². The first kappa shape index (κ1) is 25.6. The number of halogens is 1. The second kappa shape index (κ2) is 9.60. The lowest BCUT2D eigenvalue weighted by molar-refractivity contribution is -0.132. The number of β-amino-alcohol motifs (C(OH)–C–C–N with tert-alkyl or cyclic N) is 1. The number of carbonyl (C=O) groups excluding carboxylic acids is 2. The van der Waals surface area contributed by atoms with Gasteiger partial charge in [-0.25, -0.2) is 13.9 Å². The van der Waals surface area contributed by atoms with Crippen LogP contribution in [0.1, 0.15) is 12.1 Å². The Bertz CT molecular complexity index is 1530. The van der Waals surface area contributed by atoms with E-state index < -0.39 is 29.5 Å². The fourth-order valence-corrected chi connectivity index (χ4v) is 6.61. The maximum Gasteiger partial charge on any atom is 0.414 e. The highest BCUT2D eigenvalue weighted by Gasteiger charge is 2.71. The molecule has 2 amide bonds. The smallest absolute Gasteiger partial charge is 0.414 e. The van der Waals surface area contributed by atoms with Gasteiger partial charge in [0.25, 0.3) is 0 Å². The van der Waals surface area contributed by atoms with Crippen LogP contribution in [-0.2, 0) is 21.5 Å². The summed E-state index contributed by atoms with van der Waals surface area (Å²) < 4.78 is 22.2. The summed E-state index contributed by atoms with van der Waals surface area (Å²) in [6.45, 7) is 1.97. The normalized spacial score (nSPS) is 30.3. The molecule has 3 aromatic rings. The van der Waals surface area contributed by atoms with Crippen molar-refractivity contribution in [2.24, 2.45) is 11.8 Å². The number of likely N-dealkylation sites (tertiary alicyclic amines) is 1. The number of hydrogen-bond donors (Lipinski definition) is 2. The van der Waals surface area contributed by atoms with Gasteiger partial charge < -0.3 is 20.1 Å². The molecule has 0 spiro atoms. The van der Waals surface area contributed by atoms with E-state index in [1.165, 1.54) is 11.0 Å². The van der Waals surface area contributed by atoms with Gasteiger partial charge in [-0.05, 0) is 30.7 Å². The van der Waals surface area contributed by atoms with Crippen LogP contribution in [0, 0.1) is 29.0 Å². The Labute approximate surface area is 234 Å². The van der Waals surface area contributed by atoms with Crippen LogP contribution in [0.2, 0.25) is 0 Å². The minimum atomic E-state index is -0.765. The number of anilines is 1. The number of hydrogen-bond acceptors (Lipinski definition) is 9. The van der Waals surface area contributed by atoms with E-state index in [1.807, 2.05) is 0 Å². The van der Waals surface area contributed by atoms with Gasteiger partial charge in [-0.1, -0.05) is 11.3 Å². The van der Waals surface area contributed by atoms with Crippen LogP contribution >= 0.6 is 0 Å². The number of fused-ring (bicyclic) bond motifs is 1. The number of aliphatic hydroxyl groups excluding tert-OH is 1. The summed E-state index contributed by atoms with van der Waals surface area (Å²) in [6.07, 6.45) is 3.68. The van der Waals surface area contributed by atoms with E-state index in [2.05, 4.69) is 26.7 Å². The fourth-order valence-electron chi connectivity index (χ4n) is 6.61. The van der Waals surface area contributed by atoms with Crippen molar-refractivity contribution < 1.29 is 23.8 Å². The van der Waals surface area contributed by atoms with Crippen molar-refractivity contribution in [1.82, 2.24) is 30.2 Å². The molecule has 1 saturated carbocycles. The molecule has 6 atom stereocenters. The van der Waals surface area contributed by atoms with Gasteiger partial charge in [0.1, 0.15) is 17.3 Å². The summed E-state index contributed by atoms with van der Waals surface area (Å²) in [5, 5.41) is 30.5. The van der Waals surface area contributed by atoms with Gasteiger partial charge in [0.15, 0.2) is 0 Å². The molecule has 3 saturated heterocycles. The van der Waals surface area contributed by atoms with Gasteiger partial charge in [0, 0.05) is 55.0 Å². The average molecular weight is 559 g/mol. The van der Waals surface area contributed by atoms with Crippen LogP contribution in [0.3, 0.4) is 0 Å². The highest BCUT2D eigenvalue weighted by molar-refractivity contribution is 5.90. The first-order chi connectivity index (χ1) is 19.9. The summed E-state index contributed by atoms with van der Waals surface area (Å²) >= 11 is 0. The van der Waals surface area contributed by atoms with Crippen molar-refractivity contribution in [3.05, 3.63) is 60.4 Å². The highest BCUT2D eigenvalue weighted by Crippen LogP contribution is 2.62. The van der Waals surface area contributed by atoms with E-state index in [1.54, 1.807) is 52.4 Å². The fraction of sp³-hybridized carbons (Fsp3) is 0.429. The quantitative estimate of drug-likeness (QED) is 0.453. The van der Waals surface area contributed by atoms with E-state index in [0.717, 1.165) is 0 Å². The molecule has 13 heteroatoms. The van der Waals surface area contributed by atoms with E-state index in [0.29, 0.717) is 55.1 Å². The third-order valence-electron chi connectivity index (χ3n) is 8.78. The van der Waals surface area contributed by atoms with Crippen molar-refractivity contribution >= 4 is 17.7 Å². The Morgan fingerprint density at radius 3 is 2.71 bits per heavy atom. The number of nitrogens with zero attached hydrogens (tertiary/aromatic N) is 7. The number of aliphatic hydroxyl groups is 1. The first-order valence-corrected chi connectivity index (χ1v) is 13.6. The minimum Gasteiger partial charge on any atom is -0.442 e. The monoisotopic (exact) mass is 558 g/mol. The zero-order chi connectivity index (χ0) is 28.3. The van der Waals surface area contributed by atoms with Gasteiger partial charge in [0.05, 0.1) is 48.9 Å². The Morgan fingerprint density at radius 2 is 2.07 bits per heavy atom. The van der Waals surface area contributed by atoms with E-state index in [-0.39, 0.29) is 30.3 Å². The molecule has 2 aromatic heterocycles. The second-order valence-corrected chi connectivity index (χ2v) is 11.1. The number of aromatic nitrogens is 4. The van der Waals surface area contributed by atoms with Crippen molar-refractivity contribution in [1.29, 1.82) is 5.26 Å². The molecule has 4 aliphatic rings. The Morgan fingerprint density at radius 1 is 1.24 bits per heavy atom. The SMILES string of the molecule is N#C[C@]1(c2ccc(-c3ccc(N4C[C@H](Cn5ccnn5)OC4=O)cc3F)cn2)[C@@H]2CN(C(=O)[C@@H]3C[C@@H](O)CN3)C[C@@H]21. The van der Waals surface area contributed by atoms with Crippen molar-refractivity contribution in [2.75, 3.05) is 31.1 Å². The predicted molar refractivity (Wildman–Crippen MR) is 141 cm³/mol. The maximum atomic E-state index is 15.3. The van der Waals surface area contributed by atoms with Gasteiger partial charge in [-0.15, -0.1) is 5.10 Å². The molecular formula is C28H27FN8O4. The number of ether oxygens (including phenoxy) is 1. The molecule has 7 rings (SSSR count). The molecule has 0 bridgehead atoms. The molecule has 2 N–H and O–H groups in total. The van der Waals surface area contributed by atoms with Gasteiger partial charge >= 0.3 is 6.09 Å². The lowest BCUT2D eigenvalue weighted by atomic mass is 9.95. The van der Waals surface area contributed by atoms with E-state index in [9.17, 15) is 20.0 Å². The zero-order valence-electron chi connectivity index (χ0n) is 21.9. The van der Waals surface area contributed by atoms with Crippen LogP contribution in [0.25, 0.3) is 11.1 Å². The number of benzene rings is 1. The summed E-state index contributed by atoms with van der Waals surface area (Å²) in [5.74, 6) is -0.560. The Balaban J connectivity index is 1.02. The average Bonchev–Trinajstić information content (AvgIpc) is 3.62. The van der Waals surface area contributed by atoms with Crippen LogP contribution in [0.4, 0.5) is 14.9 Å². The molecule has 12 nitrogen and oxygen atoms in total. The van der Waals surface area contributed by atoms with Crippen LogP contribution in [-0.4, -0.2) is 86.4 Å². The molecule has 210 valence electrons. The molecule has 0 unspecified atom stereocenters. The number of carbonyl (C=O) groups is 2. The molecule has 5 heterocycles. The van der Waals surface area contributed by atoms with Gasteiger partial charge in [-0.3, -0.25) is 14.7 Å². The minimum absolute atomic E-state index is 0.00857. The van der Waals surface area contributed by atoms with Crippen LogP contribution < -0.4 is 10.2 Å². The summed E-state index contributed by atoms with van der Waals surface area (Å²) in [6, 6.07) is 10.1. The molecule has 4 fully saturated rings. The van der Waals surface area contributed by atoms with Gasteiger partial charge in [0.2, 0.25) is 5.91 Å². The second-order valence-electron chi connectivity index (χ2n) is 11.1. The Hall–Kier alpha value is -4.41. The Kier molecular flexibility index (Phi) is 5.98. The van der Waals surface area contributed by atoms with Crippen molar-refractivity contribution in [3.8, 4) is 17.2 Å². The third-order valence-corrected chi connectivity index (χ3v) is 8.78. The number of nitriles is 1. The lowest BCUT2D eigenvalue weighted by Gasteiger charge is -2.25. The molecular weight excluding hydrogens is 531 g/mol. The number of rotatable bonds is 6. The molecule has 41 heavy (non-hydrogen) atoms. The third kappa shape index (κ3) is 4.22. The summed E-state index contributed by atoms with van der Waals surface area (Å²) in [5.41, 5.74) is 1.12. The highest BCUT2D eigenvalue weighted by atomic mass is 19.1.